The minimum absolute atomic E-state index is 0.325. The third-order valence-corrected chi connectivity index (χ3v) is 4.01. The average molecular weight is 320 g/mol. The molecule has 5 nitrogen and oxygen atoms in total. The zero-order chi connectivity index (χ0) is 16.4. The summed E-state index contributed by atoms with van der Waals surface area (Å²) < 4.78 is 29.1. The number of carbonyl (C=O) groups excluding carboxylic acids is 1. The van der Waals surface area contributed by atoms with E-state index in [9.17, 15) is 13.6 Å². The van der Waals surface area contributed by atoms with Crippen LogP contribution in [-0.2, 0) is 13.0 Å². The van der Waals surface area contributed by atoms with Gasteiger partial charge >= 0.3 is 6.03 Å². The van der Waals surface area contributed by atoms with Crippen molar-refractivity contribution in [3.8, 4) is 0 Å². The summed E-state index contributed by atoms with van der Waals surface area (Å²) in [5.74, 6) is -0.213. The van der Waals surface area contributed by atoms with E-state index in [2.05, 4.69) is 14.9 Å². The fourth-order valence-corrected chi connectivity index (χ4v) is 2.75. The number of urea groups is 1. The van der Waals surface area contributed by atoms with Crippen molar-refractivity contribution in [2.75, 3.05) is 18.4 Å². The molecule has 0 radical (unpaired) electrons. The summed E-state index contributed by atoms with van der Waals surface area (Å²) in [5.41, 5.74) is -0.399. The number of aromatic nitrogens is 2. The first-order valence-corrected chi connectivity index (χ1v) is 7.58. The average Bonchev–Trinajstić information content (AvgIpc) is 2.93. The van der Waals surface area contributed by atoms with Crippen LogP contribution < -0.4 is 5.32 Å². The smallest absolute Gasteiger partial charge is 0.322 e. The highest BCUT2D eigenvalue weighted by molar-refractivity contribution is 5.90. The van der Waals surface area contributed by atoms with Crippen molar-refractivity contribution in [3.63, 3.8) is 0 Å². The Balaban J connectivity index is 1.54. The fourth-order valence-electron chi connectivity index (χ4n) is 2.75. The zero-order valence-corrected chi connectivity index (χ0v) is 12.8. The molecule has 0 spiro atoms. The van der Waals surface area contributed by atoms with E-state index in [0.29, 0.717) is 19.0 Å². The van der Waals surface area contributed by atoms with Gasteiger partial charge in [-0.05, 0) is 12.1 Å². The molecule has 1 aliphatic heterocycles. The van der Waals surface area contributed by atoms with Gasteiger partial charge in [-0.2, -0.15) is 0 Å². The van der Waals surface area contributed by atoms with E-state index in [0.717, 1.165) is 30.9 Å². The van der Waals surface area contributed by atoms with Crippen LogP contribution in [0.3, 0.4) is 0 Å². The van der Waals surface area contributed by atoms with Crippen molar-refractivity contribution in [3.05, 3.63) is 48.1 Å². The van der Waals surface area contributed by atoms with Crippen molar-refractivity contribution in [2.24, 2.45) is 5.92 Å². The van der Waals surface area contributed by atoms with Gasteiger partial charge in [-0.3, -0.25) is 0 Å². The third kappa shape index (κ3) is 3.18. The number of benzene rings is 1. The summed E-state index contributed by atoms with van der Waals surface area (Å²) in [5, 5.41) is 2.30. The molecule has 7 heteroatoms. The van der Waals surface area contributed by atoms with Gasteiger partial charge in [0.05, 0.1) is 0 Å². The largest absolute Gasteiger partial charge is 0.335 e. The number of para-hydroxylation sites is 1. The molecule has 2 aromatic rings. The number of aryl methyl sites for hydroxylation is 1. The molecule has 23 heavy (non-hydrogen) atoms. The molecule has 2 heterocycles. The first-order chi connectivity index (χ1) is 11.1. The predicted octanol–water partition coefficient (Wildman–Crippen LogP) is 2.89. The molecule has 1 N–H and O–H groups in total. The van der Waals surface area contributed by atoms with Crippen LogP contribution in [0.1, 0.15) is 12.7 Å². The van der Waals surface area contributed by atoms with Gasteiger partial charge in [0.25, 0.3) is 0 Å². The lowest BCUT2D eigenvalue weighted by Gasteiger charge is -2.39. The van der Waals surface area contributed by atoms with Crippen LogP contribution in [0.4, 0.5) is 19.3 Å². The lowest BCUT2D eigenvalue weighted by atomic mass is 10.0. The molecule has 1 aromatic carbocycles. The van der Waals surface area contributed by atoms with Crippen LogP contribution >= 0.6 is 0 Å². The second kappa shape index (κ2) is 6.36. The fraction of sp³-hybridized carbons (Fsp3) is 0.375. The summed E-state index contributed by atoms with van der Waals surface area (Å²) in [7, 11) is 0. The van der Waals surface area contributed by atoms with Crippen molar-refractivity contribution in [1.29, 1.82) is 0 Å². The Morgan fingerprint density at radius 2 is 2.04 bits per heavy atom. The van der Waals surface area contributed by atoms with Crippen molar-refractivity contribution in [1.82, 2.24) is 14.5 Å². The van der Waals surface area contributed by atoms with Gasteiger partial charge in [0.1, 0.15) is 23.1 Å². The number of amides is 2. The van der Waals surface area contributed by atoms with E-state index in [4.69, 9.17) is 0 Å². The zero-order valence-electron chi connectivity index (χ0n) is 12.8. The molecule has 1 aliphatic rings. The van der Waals surface area contributed by atoms with Gasteiger partial charge in [0, 0.05) is 44.4 Å². The van der Waals surface area contributed by atoms with Crippen LogP contribution in [-0.4, -0.2) is 33.6 Å². The minimum atomic E-state index is -0.776. The SMILES string of the molecule is CCc1nccn1CC1CN(C(=O)Nc2c(F)cccc2F)C1. The van der Waals surface area contributed by atoms with Crippen LogP contribution in [0.2, 0.25) is 0 Å². The Bertz CT molecular complexity index is 690. The van der Waals surface area contributed by atoms with E-state index >= 15 is 0 Å². The molecule has 0 saturated carbocycles. The summed E-state index contributed by atoms with van der Waals surface area (Å²) in [6.45, 7) is 3.95. The van der Waals surface area contributed by atoms with E-state index in [1.165, 1.54) is 6.07 Å². The highest BCUT2D eigenvalue weighted by atomic mass is 19.1. The number of carbonyl (C=O) groups is 1. The van der Waals surface area contributed by atoms with E-state index in [1.807, 2.05) is 13.1 Å². The predicted molar refractivity (Wildman–Crippen MR) is 82.0 cm³/mol. The van der Waals surface area contributed by atoms with E-state index in [1.54, 1.807) is 11.1 Å². The van der Waals surface area contributed by atoms with Crippen molar-refractivity contribution in [2.45, 2.75) is 19.9 Å². The quantitative estimate of drug-likeness (QED) is 0.942. The molecular formula is C16H18F2N4O. The monoisotopic (exact) mass is 320 g/mol. The standard InChI is InChI=1S/C16H18F2N4O/c1-2-14-19-6-7-21(14)8-11-9-22(10-11)16(23)20-15-12(17)4-3-5-13(15)18/h3-7,11H,2,8-10H2,1H3,(H,20,23). The number of nitrogens with one attached hydrogen (secondary N) is 1. The second-order valence-corrected chi connectivity index (χ2v) is 5.65. The van der Waals surface area contributed by atoms with Gasteiger partial charge in [0.2, 0.25) is 0 Å². The number of nitrogens with zero attached hydrogens (tertiary/aromatic N) is 3. The summed E-state index contributed by atoms with van der Waals surface area (Å²) in [4.78, 5) is 17.8. The van der Waals surface area contributed by atoms with Crippen molar-refractivity contribution < 1.29 is 13.6 Å². The Kier molecular flexibility index (Phi) is 4.27. The van der Waals surface area contributed by atoms with Crippen LogP contribution in [0.15, 0.2) is 30.6 Å². The molecule has 1 saturated heterocycles. The van der Waals surface area contributed by atoms with Gasteiger partial charge in [-0.1, -0.05) is 13.0 Å². The van der Waals surface area contributed by atoms with Crippen LogP contribution in [0.25, 0.3) is 0 Å². The number of hydrogen-bond acceptors (Lipinski definition) is 2. The number of rotatable bonds is 4. The second-order valence-electron chi connectivity index (χ2n) is 5.65. The third-order valence-electron chi connectivity index (χ3n) is 4.01. The normalized spacial score (nSPS) is 14.7. The molecule has 3 rings (SSSR count). The number of halogens is 2. The molecule has 122 valence electrons. The number of likely N-dealkylation sites (tertiary alicyclic amines) is 1. The highest BCUT2D eigenvalue weighted by Crippen LogP contribution is 2.22. The topological polar surface area (TPSA) is 50.2 Å². The maximum Gasteiger partial charge on any atom is 0.322 e. The molecule has 0 unspecified atom stereocenters. The van der Waals surface area contributed by atoms with Gasteiger partial charge < -0.3 is 14.8 Å². The molecule has 1 aromatic heterocycles. The maximum absolute atomic E-state index is 13.5. The summed E-state index contributed by atoms with van der Waals surface area (Å²) >= 11 is 0. The molecule has 1 fully saturated rings. The Labute approximate surface area is 132 Å². The molecule has 0 atom stereocenters. The Hall–Kier alpha value is -2.44. The van der Waals surface area contributed by atoms with Gasteiger partial charge in [0.15, 0.2) is 0 Å². The first-order valence-electron chi connectivity index (χ1n) is 7.58. The number of anilines is 1. The first kappa shape index (κ1) is 15.5. The van der Waals surface area contributed by atoms with Gasteiger partial charge in [-0.25, -0.2) is 18.6 Å². The Morgan fingerprint density at radius 3 is 2.70 bits per heavy atom. The maximum atomic E-state index is 13.5. The van der Waals surface area contributed by atoms with Gasteiger partial charge in [-0.15, -0.1) is 0 Å². The lowest BCUT2D eigenvalue weighted by Crippen LogP contribution is -2.53. The Morgan fingerprint density at radius 1 is 1.35 bits per heavy atom. The lowest BCUT2D eigenvalue weighted by molar-refractivity contribution is 0.119. The van der Waals surface area contributed by atoms with E-state index in [-0.39, 0.29) is 0 Å². The van der Waals surface area contributed by atoms with Crippen molar-refractivity contribution >= 4 is 11.7 Å². The van der Waals surface area contributed by atoms with E-state index < -0.39 is 23.4 Å². The number of hydrogen-bond donors (Lipinski definition) is 1. The molecule has 2 amide bonds. The minimum Gasteiger partial charge on any atom is -0.335 e. The number of imidazole rings is 1. The summed E-state index contributed by atoms with van der Waals surface area (Å²) in [6.07, 6.45) is 4.55. The molecule has 0 bridgehead atoms. The molecular weight excluding hydrogens is 302 g/mol. The highest BCUT2D eigenvalue weighted by Gasteiger charge is 2.31. The summed E-state index contributed by atoms with van der Waals surface area (Å²) in [6, 6.07) is 3.01. The molecule has 0 aliphatic carbocycles. The van der Waals surface area contributed by atoms with Crippen LogP contribution in [0, 0.1) is 17.6 Å². The van der Waals surface area contributed by atoms with Crippen LogP contribution in [0.5, 0.6) is 0 Å².